The fourth-order valence-corrected chi connectivity index (χ4v) is 2.83. The van der Waals surface area contributed by atoms with Crippen LogP contribution in [0.2, 0.25) is 0 Å². The summed E-state index contributed by atoms with van der Waals surface area (Å²) in [5.41, 5.74) is 2.14. The van der Waals surface area contributed by atoms with Crippen LogP contribution in [0.25, 0.3) is 0 Å². The van der Waals surface area contributed by atoms with Crippen LogP contribution in [0.4, 0.5) is 0 Å². The summed E-state index contributed by atoms with van der Waals surface area (Å²) in [7, 11) is 3.37. The molecular weight excluding hydrogens is 312 g/mol. The third-order valence-electron chi connectivity index (χ3n) is 4.11. The molecule has 3 rings (SSSR count). The van der Waals surface area contributed by atoms with Gasteiger partial charge in [0.15, 0.2) is 6.10 Å². The average molecular weight is 334 g/mol. The molecule has 3 aromatic rings. The average Bonchev–Trinajstić information content (AvgIpc) is 2.70. The molecule has 0 aliphatic heterocycles. The zero-order chi connectivity index (χ0) is 17.5. The summed E-state index contributed by atoms with van der Waals surface area (Å²) in [6.07, 6.45) is -0.479. The molecule has 0 N–H and O–H groups in total. The Morgan fingerprint density at radius 3 is 1.52 bits per heavy atom. The maximum absolute atomic E-state index is 6.33. The summed E-state index contributed by atoms with van der Waals surface area (Å²) in [5, 5.41) is 0. The van der Waals surface area contributed by atoms with Gasteiger partial charge in [-0.05, 0) is 35.4 Å². The number of methoxy groups -OCH3 is 2. The molecule has 0 aromatic heterocycles. The van der Waals surface area contributed by atoms with Crippen molar-refractivity contribution in [3.8, 4) is 11.5 Å². The van der Waals surface area contributed by atoms with Gasteiger partial charge in [-0.25, -0.2) is 0 Å². The predicted octanol–water partition coefficient (Wildman–Crippen LogP) is 5.20. The molecule has 0 saturated heterocycles. The summed E-state index contributed by atoms with van der Waals surface area (Å²) in [5.74, 6) is 1.57. The van der Waals surface area contributed by atoms with Gasteiger partial charge in [0.25, 0.3) is 0 Å². The Morgan fingerprint density at radius 2 is 1.04 bits per heavy atom. The number of hydrogen-bond acceptors (Lipinski definition) is 3. The SMILES string of the molecule is COc1ccc(O[C@H](c2ccccc2)[C@H](OC)c2ccccc2)cc1. The molecule has 0 fully saturated rings. The highest BCUT2D eigenvalue weighted by molar-refractivity contribution is 5.33. The first kappa shape index (κ1) is 17.1. The molecule has 0 saturated carbocycles. The highest BCUT2D eigenvalue weighted by Crippen LogP contribution is 2.36. The van der Waals surface area contributed by atoms with Crippen LogP contribution in [-0.2, 0) is 4.74 Å². The van der Waals surface area contributed by atoms with Gasteiger partial charge in [-0.15, -0.1) is 0 Å². The molecule has 3 aromatic carbocycles. The standard InChI is InChI=1S/C22H22O3/c1-23-19-13-15-20(16-14-19)25-22(18-11-7-4-8-12-18)21(24-2)17-9-5-3-6-10-17/h3-16,21-22H,1-2H3/t21-,22-/m1/s1. The van der Waals surface area contributed by atoms with E-state index in [1.165, 1.54) is 0 Å². The van der Waals surface area contributed by atoms with E-state index < -0.39 is 0 Å². The molecule has 3 heteroatoms. The molecule has 0 amide bonds. The van der Waals surface area contributed by atoms with Crippen LogP contribution in [0.1, 0.15) is 23.3 Å². The van der Waals surface area contributed by atoms with E-state index in [0.717, 1.165) is 22.6 Å². The minimum atomic E-state index is -0.262. The second-order valence-corrected chi connectivity index (χ2v) is 5.69. The smallest absolute Gasteiger partial charge is 0.154 e. The Bertz CT molecular complexity index is 754. The summed E-state index contributed by atoms with van der Waals surface area (Å²) in [6, 6.07) is 27.9. The van der Waals surface area contributed by atoms with E-state index >= 15 is 0 Å². The van der Waals surface area contributed by atoms with Crippen molar-refractivity contribution in [1.29, 1.82) is 0 Å². The lowest BCUT2D eigenvalue weighted by molar-refractivity contribution is -0.00102. The third-order valence-corrected chi connectivity index (χ3v) is 4.11. The molecular formula is C22H22O3. The Hall–Kier alpha value is -2.78. The van der Waals surface area contributed by atoms with Crippen molar-refractivity contribution in [2.45, 2.75) is 12.2 Å². The van der Waals surface area contributed by atoms with Crippen LogP contribution in [0.5, 0.6) is 11.5 Å². The van der Waals surface area contributed by atoms with Crippen molar-refractivity contribution in [1.82, 2.24) is 0 Å². The lowest BCUT2D eigenvalue weighted by Gasteiger charge is -2.28. The molecule has 0 heterocycles. The highest BCUT2D eigenvalue weighted by atomic mass is 16.5. The fraction of sp³-hybridized carbons (Fsp3) is 0.182. The van der Waals surface area contributed by atoms with Crippen molar-refractivity contribution in [3.05, 3.63) is 96.1 Å². The predicted molar refractivity (Wildman–Crippen MR) is 99.0 cm³/mol. The molecule has 0 unspecified atom stereocenters. The summed E-state index contributed by atoms with van der Waals surface area (Å²) < 4.78 is 17.4. The van der Waals surface area contributed by atoms with Crippen molar-refractivity contribution in [3.63, 3.8) is 0 Å². The van der Waals surface area contributed by atoms with Crippen molar-refractivity contribution in [2.24, 2.45) is 0 Å². The van der Waals surface area contributed by atoms with Crippen molar-refractivity contribution < 1.29 is 14.2 Å². The molecule has 25 heavy (non-hydrogen) atoms. The number of hydrogen-bond donors (Lipinski definition) is 0. The minimum absolute atomic E-state index is 0.217. The Kier molecular flexibility index (Phi) is 5.70. The van der Waals surface area contributed by atoms with Crippen LogP contribution in [0.15, 0.2) is 84.9 Å². The summed E-state index contributed by atoms with van der Waals surface area (Å²) in [4.78, 5) is 0. The largest absolute Gasteiger partial charge is 0.497 e. The lowest BCUT2D eigenvalue weighted by atomic mass is 9.98. The molecule has 0 spiro atoms. The van der Waals surface area contributed by atoms with Gasteiger partial charge in [-0.2, -0.15) is 0 Å². The zero-order valence-corrected chi connectivity index (χ0v) is 14.5. The van der Waals surface area contributed by atoms with Gasteiger partial charge in [0.2, 0.25) is 0 Å². The monoisotopic (exact) mass is 334 g/mol. The Labute approximate surface area is 148 Å². The number of rotatable bonds is 7. The second-order valence-electron chi connectivity index (χ2n) is 5.69. The van der Waals surface area contributed by atoms with Crippen LogP contribution < -0.4 is 9.47 Å². The molecule has 0 bridgehead atoms. The first-order valence-electron chi connectivity index (χ1n) is 8.25. The van der Waals surface area contributed by atoms with Gasteiger partial charge >= 0.3 is 0 Å². The van der Waals surface area contributed by atoms with Crippen LogP contribution >= 0.6 is 0 Å². The highest BCUT2D eigenvalue weighted by Gasteiger charge is 2.26. The van der Waals surface area contributed by atoms with Crippen LogP contribution in [0.3, 0.4) is 0 Å². The number of benzene rings is 3. The molecule has 0 aliphatic rings. The van der Waals surface area contributed by atoms with Gasteiger partial charge in [0.1, 0.15) is 17.6 Å². The molecule has 3 nitrogen and oxygen atoms in total. The van der Waals surface area contributed by atoms with E-state index in [2.05, 4.69) is 24.3 Å². The maximum Gasteiger partial charge on any atom is 0.154 e. The van der Waals surface area contributed by atoms with Gasteiger partial charge < -0.3 is 14.2 Å². The van der Waals surface area contributed by atoms with Gasteiger partial charge in [0, 0.05) is 7.11 Å². The third kappa shape index (κ3) is 4.20. The molecule has 0 radical (unpaired) electrons. The molecule has 128 valence electrons. The first-order valence-corrected chi connectivity index (χ1v) is 8.25. The quantitative estimate of drug-likeness (QED) is 0.594. The van der Waals surface area contributed by atoms with E-state index in [1.54, 1.807) is 14.2 Å². The normalized spacial score (nSPS) is 13.0. The first-order chi connectivity index (χ1) is 12.3. The van der Waals surface area contributed by atoms with Gasteiger partial charge in [-0.3, -0.25) is 0 Å². The van der Waals surface area contributed by atoms with Crippen LogP contribution in [-0.4, -0.2) is 14.2 Å². The van der Waals surface area contributed by atoms with E-state index in [9.17, 15) is 0 Å². The number of ether oxygens (including phenoxy) is 3. The van der Waals surface area contributed by atoms with Gasteiger partial charge in [0.05, 0.1) is 7.11 Å². The van der Waals surface area contributed by atoms with E-state index in [0.29, 0.717) is 0 Å². The zero-order valence-electron chi connectivity index (χ0n) is 14.5. The van der Waals surface area contributed by atoms with E-state index in [1.807, 2.05) is 60.7 Å². The Morgan fingerprint density at radius 1 is 0.560 bits per heavy atom. The topological polar surface area (TPSA) is 27.7 Å². The van der Waals surface area contributed by atoms with E-state index in [-0.39, 0.29) is 12.2 Å². The van der Waals surface area contributed by atoms with E-state index in [4.69, 9.17) is 14.2 Å². The minimum Gasteiger partial charge on any atom is -0.497 e. The molecule has 0 aliphatic carbocycles. The summed E-state index contributed by atoms with van der Waals surface area (Å²) >= 11 is 0. The van der Waals surface area contributed by atoms with Crippen molar-refractivity contribution >= 4 is 0 Å². The fourth-order valence-electron chi connectivity index (χ4n) is 2.83. The van der Waals surface area contributed by atoms with Gasteiger partial charge in [-0.1, -0.05) is 60.7 Å². The van der Waals surface area contributed by atoms with Crippen LogP contribution in [0, 0.1) is 0 Å². The maximum atomic E-state index is 6.33. The molecule has 2 atom stereocenters. The van der Waals surface area contributed by atoms with Crippen molar-refractivity contribution in [2.75, 3.05) is 14.2 Å². The second kappa shape index (κ2) is 8.36. The Balaban J connectivity index is 1.94. The summed E-state index contributed by atoms with van der Waals surface area (Å²) in [6.45, 7) is 0. The lowest BCUT2D eigenvalue weighted by Crippen LogP contribution is -2.19.